The summed E-state index contributed by atoms with van der Waals surface area (Å²) in [6.07, 6.45) is 0. The number of hydrogen-bond donors (Lipinski definition) is 2. The highest BCUT2D eigenvalue weighted by atomic mass is 35.5. The Balaban J connectivity index is 1.64. The van der Waals surface area contributed by atoms with Crippen LogP contribution in [-0.4, -0.2) is 33.2 Å². The summed E-state index contributed by atoms with van der Waals surface area (Å²) in [6, 6.07) is 17.1. The second-order valence-electron chi connectivity index (χ2n) is 6.49. The third-order valence-corrected chi connectivity index (χ3v) is 6.03. The van der Waals surface area contributed by atoms with Gasteiger partial charge in [-0.1, -0.05) is 35.9 Å². The van der Waals surface area contributed by atoms with Gasteiger partial charge in [0.1, 0.15) is 5.82 Å². The molecule has 0 saturated heterocycles. The van der Waals surface area contributed by atoms with E-state index in [2.05, 4.69) is 10.0 Å². The number of halogens is 2. The molecule has 6 nitrogen and oxygen atoms in total. The molecule has 0 aliphatic rings. The summed E-state index contributed by atoms with van der Waals surface area (Å²) in [6.45, 7) is -0.0631. The van der Waals surface area contributed by atoms with Crippen LogP contribution < -0.4 is 10.0 Å². The maximum Gasteiger partial charge on any atom is 0.252 e. The van der Waals surface area contributed by atoms with Crippen molar-refractivity contribution < 1.29 is 22.4 Å². The lowest BCUT2D eigenvalue weighted by Crippen LogP contribution is -2.35. The van der Waals surface area contributed by atoms with Crippen molar-refractivity contribution in [2.75, 3.05) is 13.1 Å². The van der Waals surface area contributed by atoms with Crippen molar-refractivity contribution in [1.82, 2.24) is 10.0 Å². The van der Waals surface area contributed by atoms with Crippen molar-refractivity contribution in [2.45, 2.75) is 4.90 Å². The summed E-state index contributed by atoms with van der Waals surface area (Å²) in [7, 11) is -3.78. The molecule has 3 rings (SSSR count). The van der Waals surface area contributed by atoms with Gasteiger partial charge in [0, 0.05) is 29.2 Å². The molecule has 2 N–H and O–H groups in total. The van der Waals surface area contributed by atoms with Gasteiger partial charge in [0.15, 0.2) is 5.78 Å². The van der Waals surface area contributed by atoms with Crippen molar-refractivity contribution in [2.24, 2.45) is 0 Å². The molecule has 0 fully saturated rings. The van der Waals surface area contributed by atoms with Gasteiger partial charge in [0.2, 0.25) is 10.0 Å². The van der Waals surface area contributed by atoms with E-state index in [1.807, 2.05) is 0 Å². The Morgan fingerprint density at radius 2 is 1.55 bits per heavy atom. The molecular formula is C22H18ClFN2O4S. The van der Waals surface area contributed by atoms with Gasteiger partial charge in [-0.05, 0) is 48.5 Å². The van der Waals surface area contributed by atoms with Crippen LogP contribution in [0.1, 0.15) is 26.3 Å². The molecule has 0 aliphatic heterocycles. The van der Waals surface area contributed by atoms with Gasteiger partial charge in [-0.25, -0.2) is 17.5 Å². The Labute approximate surface area is 184 Å². The number of carbonyl (C=O) groups is 2. The standard InChI is InChI=1S/C22H18ClFN2O4S/c23-16-4-3-5-18(14-16)31(29,30)26-13-12-25-22(28)20-7-2-1-6-19(20)21(27)15-8-10-17(24)11-9-15/h1-11,14,26H,12-13H2,(H,25,28). The molecule has 0 bridgehead atoms. The first kappa shape index (κ1) is 22.6. The molecule has 160 valence electrons. The van der Waals surface area contributed by atoms with E-state index in [4.69, 9.17) is 11.6 Å². The number of nitrogens with one attached hydrogen (secondary N) is 2. The summed E-state index contributed by atoms with van der Waals surface area (Å²) in [5, 5.41) is 2.88. The van der Waals surface area contributed by atoms with Crippen molar-refractivity contribution in [3.63, 3.8) is 0 Å². The predicted molar refractivity (Wildman–Crippen MR) is 115 cm³/mol. The Bertz CT molecular complexity index is 1210. The monoisotopic (exact) mass is 460 g/mol. The number of carbonyl (C=O) groups excluding carboxylic acids is 2. The number of sulfonamides is 1. The third kappa shape index (κ3) is 5.75. The van der Waals surface area contributed by atoms with Crippen LogP contribution in [0.3, 0.4) is 0 Å². The number of amides is 1. The normalized spacial score (nSPS) is 11.2. The highest BCUT2D eigenvalue weighted by Crippen LogP contribution is 2.16. The molecule has 3 aromatic rings. The number of hydrogen-bond acceptors (Lipinski definition) is 4. The summed E-state index contributed by atoms with van der Waals surface area (Å²) in [4.78, 5) is 25.3. The van der Waals surface area contributed by atoms with Gasteiger partial charge < -0.3 is 5.32 Å². The zero-order chi connectivity index (χ0) is 22.4. The fraction of sp³-hybridized carbons (Fsp3) is 0.0909. The van der Waals surface area contributed by atoms with Gasteiger partial charge in [0.25, 0.3) is 5.91 Å². The fourth-order valence-corrected chi connectivity index (χ4v) is 4.14. The first-order chi connectivity index (χ1) is 14.8. The lowest BCUT2D eigenvalue weighted by Gasteiger charge is -2.11. The maximum atomic E-state index is 13.1. The van der Waals surface area contributed by atoms with Gasteiger partial charge in [-0.3, -0.25) is 9.59 Å². The molecule has 0 heterocycles. The van der Waals surface area contributed by atoms with Crippen LogP contribution >= 0.6 is 11.6 Å². The minimum absolute atomic E-state index is 0.00228. The van der Waals surface area contributed by atoms with E-state index in [0.717, 1.165) is 0 Å². The lowest BCUT2D eigenvalue weighted by atomic mass is 9.98. The van der Waals surface area contributed by atoms with Crippen molar-refractivity contribution in [1.29, 1.82) is 0 Å². The third-order valence-electron chi connectivity index (χ3n) is 4.33. The van der Waals surface area contributed by atoms with Gasteiger partial charge >= 0.3 is 0 Å². The van der Waals surface area contributed by atoms with Crippen LogP contribution in [0.2, 0.25) is 5.02 Å². The second-order valence-corrected chi connectivity index (χ2v) is 8.70. The first-order valence-corrected chi connectivity index (χ1v) is 11.1. The Morgan fingerprint density at radius 1 is 0.871 bits per heavy atom. The lowest BCUT2D eigenvalue weighted by molar-refractivity contribution is 0.0942. The van der Waals surface area contributed by atoms with E-state index >= 15 is 0 Å². The molecule has 3 aromatic carbocycles. The minimum Gasteiger partial charge on any atom is -0.351 e. The van der Waals surface area contributed by atoms with Gasteiger partial charge in [-0.2, -0.15) is 0 Å². The average Bonchev–Trinajstić information content (AvgIpc) is 2.76. The molecule has 0 atom stereocenters. The van der Waals surface area contributed by atoms with E-state index in [0.29, 0.717) is 5.02 Å². The summed E-state index contributed by atoms with van der Waals surface area (Å²) >= 11 is 5.82. The number of benzene rings is 3. The van der Waals surface area contributed by atoms with Gasteiger partial charge in [-0.15, -0.1) is 0 Å². The SMILES string of the molecule is O=C(NCCNS(=O)(=O)c1cccc(Cl)c1)c1ccccc1C(=O)c1ccc(F)cc1. The molecule has 31 heavy (non-hydrogen) atoms. The number of ketones is 1. The molecule has 0 radical (unpaired) electrons. The predicted octanol–water partition coefficient (Wildman–Crippen LogP) is 3.42. The maximum absolute atomic E-state index is 13.1. The first-order valence-electron chi connectivity index (χ1n) is 9.20. The molecule has 9 heteroatoms. The molecule has 0 unspecified atom stereocenters. The second kappa shape index (κ2) is 9.82. The van der Waals surface area contributed by atoms with Gasteiger partial charge in [0.05, 0.1) is 10.5 Å². The molecule has 0 saturated carbocycles. The van der Waals surface area contributed by atoms with E-state index in [1.165, 1.54) is 54.6 Å². The fourth-order valence-electron chi connectivity index (χ4n) is 2.81. The average molecular weight is 461 g/mol. The van der Waals surface area contributed by atoms with Crippen molar-refractivity contribution in [3.05, 3.63) is 100 Å². The topological polar surface area (TPSA) is 92.3 Å². The van der Waals surface area contributed by atoms with E-state index < -0.39 is 27.5 Å². The zero-order valence-corrected chi connectivity index (χ0v) is 17.7. The summed E-state index contributed by atoms with van der Waals surface area (Å²) < 4.78 is 40.0. The van der Waals surface area contributed by atoms with E-state index in [9.17, 15) is 22.4 Å². The summed E-state index contributed by atoms with van der Waals surface area (Å²) in [5.74, 6) is -1.43. The smallest absolute Gasteiger partial charge is 0.252 e. The minimum atomic E-state index is -3.78. The molecule has 1 amide bonds. The van der Waals surface area contributed by atoms with E-state index in [-0.39, 0.29) is 34.7 Å². The molecular weight excluding hydrogens is 443 g/mol. The van der Waals surface area contributed by atoms with Crippen LogP contribution in [0.15, 0.2) is 77.7 Å². The Hall–Kier alpha value is -3.07. The quantitative estimate of drug-likeness (QED) is 0.398. The van der Waals surface area contributed by atoms with Crippen molar-refractivity contribution >= 4 is 33.3 Å². The zero-order valence-electron chi connectivity index (χ0n) is 16.1. The highest BCUT2D eigenvalue weighted by molar-refractivity contribution is 7.89. The Kier molecular flexibility index (Phi) is 7.17. The van der Waals surface area contributed by atoms with Crippen LogP contribution in [0.4, 0.5) is 4.39 Å². The van der Waals surface area contributed by atoms with Crippen LogP contribution in [0.5, 0.6) is 0 Å². The number of rotatable bonds is 8. The summed E-state index contributed by atoms with van der Waals surface area (Å²) in [5.41, 5.74) is 0.538. The molecule has 0 spiro atoms. The van der Waals surface area contributed by atoms with E-state index in [1.54, 1.807) is 18.2 Å². The molecule has 0 aliphatic carbocycles. The largest absolute Gasteiger partial charge is 0.351 e. The Morgan fingerprint density at radius 3 is 2.23 bits per heavy atom. The van der Waals surface area contributed by atoms with Crippen LogP contribution in [0.25, 0.3) is 0 Å². The van der Waals surface area contributed by atoms with Crippen LogP contribution in [0, 0.1) is 5.82 Å². The van der Waals surface area contributed by atoms with Crippen molar-refractivity contribution in [3.8, 4) is 0 Å². The highest BCUT2D eigenvalue weighted by Gasteiger charge is 2.18. The molecule has 0 aromatic heterocycles. The van der Waals surface area contributed by atoms with Crippen LogP contribution in [-0.2, 0) is 10.0 Å².